The van der Waals surface area contributed by atoms with Crippen LogP contribution >= 0.6 is 0 Å². The lowest BCUT2D eigenvalue weighted by atomic mass is 9.86. The highest BCUT2D eigenvalue weighted by Crippen LogP contribution is 2.29. The first-order chi connectivity index (χ1) is 10.3. The summed E-state index contributed by atoms with van der Waals surface area (Å²) in [6, 6.07) is -0.632. The Morgan fingerprint density at radius 3 is 2.50 bits per heavy atom. The molecule has 6 nitrogen and oxygen atoms in total. The molecule has 0 N–H and O–H groups in total. The molecule has 2 rings (SSSR count). The fourth-order valence-corrected chi connectivity index (χ4v) is 3.16. The monoisotopic (exact) mass is 310 g/mol. The molecule has 0 spiro atoms. The van der Waals surface area contributed by atoms with E-state index < -0.39 is 11.5 Å². The standard InChI is InChI=1S/C16H26N2O4/c1-11(17(4)15(21)16(3)9-22-10-16)14(20)8-18-7-5-6-13(18)12(2)19/h11,13H,5-10H2,1-4H3. The number of carbonyl (C=O) groups is 3. The van der Waals surface area contributed by atoms with Crippen LogP contribution in [-0.4, -0.2) is 72.7 Å². The zero-order chi connectivity index (χ0) is 16.5. The van der Waals surface area contributed by atoms with Crippen LogP contribution in [0.5, 0.6) is 0 Å². The van der Waals surface area contributed by atoms with E-state index in [4.69, 9.17) is 4.74 Å². The van der Waals surface area contributed by atoms with E-state index in [1.807, 2.05) is 11.8 Å². The van der Waals surface area contributed by atoms with Crippen molar-refractivity contribution in [2.24, 2.45) is 5.41 Å². The Kier molecular flexibility index (Phi) is 5.02. The van der Waals surface area contributed by atoms with Crippen LogP contribution in [0.2, 0.25) is 0 Å². The summed E-state index contributed by atoms with van der Waals surface area (Å²) >= 11 is 0. The number of hydrogen-bond donors (Lipinski definition) is 0. The van der Waals surface area contributed by atoms with Gasteiger partial charge in [0.05, 0.1) is 37.3 Å². The van der Waals surface area contributed by atoms with E-state index in [2.05, 4.69) is 0 Å². The van der Waals surface area contributed by atoms with E-state index in [0.29, 0.717) is 13.2 Å². The Bertz CT molecular complexity index is 473. The Hall–Kier alpha value is -1.27. The van der Waals surface area contributed by atoms with Gasteiger partial charge in [0.15, 0.2) is 5.78 Å². The van der Waals surface area contributed by atoms with Crippen molar-refractivity contribution < 1.29 is 19.1 Å². The van der Waals surface area contributed by atoms with Crippen LogP contribution in [-0.2, 0) is 19.1 Å². The fourth-order valence-electron chi connectivity index (χ4n) is 3.16. The number of ether oxygens (including phenoxy) is 1. The third-order valence-electron chi connectivity index (χ3n) is 4.92. The Morgan fingerprint density at radius 2 is 2.00 bits per heavy atom. The number of likely N-dealkylation sites (N-methyl/N-ethyl adjacent to an activating group) is 1. The Morgan fingerprint density at radius 1 is 1.36 bits per heavy atom. The minimum absolute atomic E-state index is 0.0205. The maximum absolute atomic E-state index is 12.5. The molecule has 0 bridgehead atoms. The summed E-state index contributed by atoms with van der Waals surface area (Å²) in [6.45, 7) is 7.01. The summed E-state index contributed by atoms with van der Waals surface area (Å²) in [5, 5.41) is 0. The predicted molar refractivity (Wildman–Crippen MR) is 81.4 cm³/mol. The first-order valence-electron chi connectivity index (χ1n) is 7.88. The summed E-state index contributed by atoms with van der Waals surface area (Å²) in [6.07, 6.45) is 1.76. The summed E-state index contributed by atoms with van der Waals surface area (Å²) in [5.41, 5.74) is -0.501. The Balaban J connectivity index is 1.94. The molecule has 124 valence electrons. The van der Waals surface area contributed by atoms with Crippen LogP contribution in [0.1, 0.15) is 33.6 Å². The second-order valence-electron chi connectivity index (χ2n) is 6.85. The van der Waals surface area contributed by atoms with Gasteiger partial charge in [-0.1, -0.05) is 0 Å². The van der Waals surface area contributed by atoms with Gasteiger partial charge in [0.1, 0.15) is 5.78 Å². The average Bonchev–Trinajstić information content (AvgIpc) is 2.90. The molecule has 0 aliphatic carbocycles. The van der Waals surface area contributed by atoms with E-state index in [9.17, 15) is 14.4 Å². The van der Waals surface area contributed by atoms with Crippen LogP contribution in [0.3, 0.4) is 0 Å². The van der Waals surface area contributed by atoms with Gasteiger partial charge in [-0.05, 0) is 40.2 Å². The lowest BCUT2D eigenvalue weighted by Gasteiger charge is -2.40. The summed E-state index contributed by atoms with van der Waals surface area (Å²) < 4.78 is 5.12. The maximum atomic E-state index is 12.5. The second kappa shape index (κ2) is 6.46. The zero-order valence-corrected chi connectivity index (χ0v) is 13.9. The van der Waals surface area contributed by atoms with Crippen molar-refractivity contribution in [2.45, 2.75) is 45.7 Å². The lowest BCUT2D eigenvalue weighted by Crippen LogP contribution is -2.56. The van der Waals surface area contributed by atoms with Crippen molar-refractivity contribution in [1.82, 2.24) is 9.80 Å². The number of nitrogens with zero attached hydrogens (tertiary/aromatic N) is 2. The minimum atomic E-state index is -0.501. The molecular formula is C16H26N2O4. The van der Waals surface area contributed by atoms with Crippen molar-refractivity contribution in [3.63, 3.8) is 0 Å². The molecule has 0 radical (unpaired) electrons. The molecule has 2 fully saturated rings. The first kappa shape index (κ1) is 17.1. The highest BCUT2D eigenvalue weighted by molar-refractivity contribution is 5.92. The summed E-state index contributed by atoms with van der Waals surface area (Å²) in [7, 11) is 1.67. The van der Waals surface area contributed by atoms with Gasteiger partial charge in [0.25, 0.3) is 0 Å². The van der Waals surface area contributed by atoms with Crippen molar-refractivity contribution in [2.75, 3.05) is 33.4 Å². The van der Waals surface area contributed by atoms with Gasteiger partial charge in [-0.15, -0.1) is 0 Å². The average molecular weight is 310 g/mol. The van der Waals surface area contributed by atoms with E-state index >= 15 is 0 Å². The SMILES string of the molecule is CC(=O)C1CCCN1CC(=O)C(C)N(C)C(=O)C1(C)COC1. The molecular weight excluding hydrogens is 284 g/mol. The molecule has 2 saturated heterocycles. The molecule has 22 heavy (non-hydrogen) atoms. The van der Waals surface area contributed by atoms with Crippen LogP contribution in [0, 0.1) is 5.41 Å². The molecule has 0 aromatic heterocycles. The first-order valence-corrected chi connectivity index (χ1v) is 7.88. The quantitative estimate of drug-likeness (QED) is 0.714. The number of likely N-dealkylation sites (tertiary alicyclic amines) is 1. The van der Waals surface area contributed by atoms with Crippen LogP contribution < -0.4 is 0 Å². The van der Waals surface area contributed by atoms with Crippen LogP contribution in [0.15, 0.2) is 0 Å². The van der Waals surface area contributed by atoms with Crippen molar-refractivity contribution in [1.29, 1.82) is 0 Å². The summed E-state index contributed by atoms with van der Waals surface area (Å²) in [5.74, 6) is 0.0403. The normalized spacial score (nSPS) is 25.4. The highest BCUT2D eigenvalue weighted by atomic mass is 16.5. The van der Waals surface area contributed by atoms with Gasteiger partial charge in [0, 0.05) is 7.05 Å². The van der Waals surface area contributed by atoms with Gasteiger partial charge in [-0.25, -0.2) is 0 Å². The molecule has 0 aromatic carbocycles. The summed E-state index contributed by atoms with van der Waals surface area (Å²) in [4.78, 5) is 39.9. The molecule has 1 amide bonds. The molecule has 2 aliphatic heterocycles. The molecule has 6 heteroatoms. The maximum Gasteiger partial charge on any atom is 0.233 e. The van der Waals surface area contributed by atoms with Crippen LogP contribution in [0.25, 0.3) is 0 Å². The number of Topliss-reactive ketones (excluding diaryl/α,β-unsaturated/α-hetero) is 2. The second-order valence-corrected chi connectivity index (χ2v) is 6.85. The van der Waals surface area contributed by atoms with Gasteiger partial charge in [-0.3, -0.25) is 19.3 Å². The van der Waals surface area contributed by atoms with Crippen LogP contribution in [0.4, 0.5) is 0 Å². The topological polar surface area (TPSA) is 66.9 Å². The Labute approximate surface area is 131 Å². The zero-order valence-electron chi connectivity index (χ0n) is 13.9. The van der Waals surface area contributed by atoms with Gasteiger partial charge < -0.3 is 9.64 Å². The third kappa shape index (κ3) is 3.22. The van der Waals surface area contributed by atoms with Crippen molar-refractivity contribution in [3.05, 3.63) is 0 Å². The fraction of sp³-hybridized carbons (Fsp3) is 0.812. The van der Waals surface area contributed by atoms with Crippen molar-refractivity contribution >= 4 is 17.5 Å². The van der Waals surface area contributed by atoms with E-state index in [1.54, 1.807) is 20.9 Å². The number of ketones is 2. The molecule has 2 atom stereocenters. The van der Waals surface area contributed by atoms with E-state index in [1.165, 1.54) is 4.90 Å². The smallest absolute Gasteiger partial charge is 0.233 e. The predicted octanol–water partition coefficient (Wildman–Crippen LogP) is 0.492. The lowest BCUT2D eigenvalue weighted by molar-refractivity contribution is -0.170. The molecule has 2 unspecified atom stereocenters. The molecule has 0 aromatic rings. The number of carbonyl (C=O) groups excluding carboxylic acids is 3. The molecule has 2 heterocycles. The highest BCUT2D eigenvalue weighted by Gasteiger charge is 2.44. The number of rotatable bonds is 6. The largest absolute Gasteiger partial charge is 0.379 e. The van der Waals surface area contributed by atoms with Gasteiger partial charge in [0.2, 0.25) is 5.91 Å². The van der Waals surface area contributed by atoms with Gasteiger partial charge in [-0.2, -0.15) is 0 Å². The van der Waals surface area contributed by atoms with Gasteiger partial charge >= 0.3 is 0 Å². The van der Waals surface area contributed by atoms with E-state index in [0.717, 1.165) is 19.4 Å². The molecule has 0 saturated carbocycles. The number of hydrogen-bond acceptors (Lipinski definition) is 5. The minimum Gasteiger partial charge on any atom is -0.379 e. The van der Waals surface area contributed by atoms with Crippen molar-refractivity contribution in [3.8, 4) is 0 Å². The van der Waals surface area contributed by atoms with E-state index in [-0.39, 0.29) is 30.1 Å². The third-order valence-corrected chi connectivity index (χ3v) is 4.92. The number of amides is 1. The molecule has 2 aliphatic rings.